The van der Waals surface area contributed by atoms with Crippen molar-refractivity contribution in [2.45, 2.75) is 19.1 Å². The molecule has 21 heavy (non-hydrogen) atoms. The molecule has 0 aliphatic carbocycles. The molecule has 1 rings (SSSR count). The zero-order chi connectivity index (χ0) is 16.1. The molecule has 0 amide bonds. The first-order valence-corrected chi connectivity index (χ1v) is 7.68. The minimum atomic E-state index is -4.40. The molecule has 9 heteroatoms. The van der Waals surface area contributed by atoms with Gasteiger partial charge in [0.1, 0.15) is 0 Å². The standard InChI is InChI=1S/C12H18F3N3O2S/c1-18(8-2-7-16)21(19,20)17-9-10-3-5-11(6-4-10)12(13,14)15/h3-6,17H,2,7-9,16H2,1H3. The van der Waals surface area contributed by atoms with E-state index < -0.39 is 21.9 Å². The molecule has 3 N–H and O–H groups in total. The number of hydrogen-bond acceptors (Lipinski definition) is 3. The normalized spacial score (nSPS) is 12.9. The Balaban J connectivity index is 2.62. The summed E-state index contributed by atoms with van der Waals surface area (Å²) in [6.45, 7) is 0.574. The number of nitrogens with one attached hydrogen (secondary N) is 1. The van der Waals surface area contributed by atoms with Crippen molar-refractivity contribution < 1.29 is 21.6 Å². The van der Waals surface area contributed by atoms with Crippen molar-refractivity contribution in [2.24, 2.45) is 5.73 Å². The third-order valence-corrected chi connectivity index (χ3v) is 4.34. The largest absolute Gasteiger partial charge is 0.416 e. The second-order valence-corrected chi connectivity index (χ2v) is 6.35. The Labute approximate surface area is 122 Å². The van der Waals surface area contributed by atoms with Gasteiger partial charge in [-0.3, -0.25) is 0 Å². The first kappa shape index (κ1) is 17.9. The molecule has 0 saturated heterocycles. The summed E-state index contributed by atoms with van der Waals surface area (Å²) in [5.41, 5.74) is 4.97. The Hall–Kier alpha value is -1.16. The summed E-state index contributed by atoms with van der Waals surface area (Å²) >= 11 is 0. The fraction of sp³-hybridized carbons (Fsp3) is 0.500. The molecule has 0 fully saturated rings. The van der Waals surface area contributed by atoms with Gasteiger partial charge in [-0.25, -0.2) is 0 Å². The number of alkyl halides is 3. The van der Waals surface area contributed by atoms with E-state index in [0.29, 0.717) is 18.5 Å². The van der Waals surface area contributed by atoms with Crippen molar-refractivity contribution in [3.8, 4) is 0 Å². The lowest BCUT2D eigenvalue weighted by molar-refractivity contribution is -0.137. The van der Waals surface area contributed by atoms with E-state index in [4.69, 9.17) is 5.73 Å². The van der Waals surface area contributed by atoms with Gasteiger partial charge in [0.05, 0.1) is 5.56 Å². The van der Waals surface area contributed by atoms with E-state index >= 15 is 0 Å². The Morgan fingerprint density at radius 1 is 1.24 bits per heavy atom. The van der Waals surface area contributed by atoms with Gasteiger partial charge in [-0.15, -0.1) is 0 Å². The quantitative estimate of drug-likeness (QED) is 0.794. The third-order valence-electron chi connectivity index (χ3n) is 2.83. The van der Waals surface area contributed by atoms with E-state index in [1.165, 1.54) is 19.2 Å². The lowest BCUT2D eigenvalue weighted by Crippen LogP contribution is -2.38. The minimum absolute atomic E-state index is 0.0760. The van der Waals surface area contributed by atoms with E-state index in [1.54, 1.807) is 0 Å². The summed E-state index contributed by atoms with van der Waals surface area (Å²) in [4.78, 5) is 0. The second kappa shape index (κ2) is 7.21. The highest BCUT2D eigenvalue weighted by Crippen LogP contribution is 2.29. The number of nitrogens with two attached hydrogens (primary N) is 1. The molecule has 0 radical (unpaired) electrons. The maximum absolute atomic E-state index is 12.4. The van der Waals surface area contributed by atoms with Gasteiger partial charge in [-0.05, 0) is 30.7 Å². The molecule has 0 unspecified atom stereocenters. The van der Waals surface area contributed by atoms with Crippen molar-refractivity contribution in [2.75, 3.05) is 20.1 Å². The number of benzene rings is 1. The van der Waals surface area contributed by atoms with Gasteiger partial charge in [0.15, 0.2) is 0 Å². The van der Waals surface area contributed by atoms with E-state index in [1.807, 2.05) is 0 Å². The molecule has 120 valence electrons. The van der Waals surface area contributed by atoms with Gasteiger partial charge in [0, 0.05) is 20.1 Å². The number of rotatable bonds is 7. The fourth-order valence-electron chi connectivity index (χ4n) is 1.53. The van der Waals surface area contributed by atoms with Crippen molar-refractivity contribution in [3.63, 3.8) is 0 Å². The third kappa shape index (κ3) is 5.62. The van der Waals surface area contributed by atoms with Crippen LogP contribution in [-0.4, -0.2) is 32.9 Å². The molecule has 1 aromatic rings. The van der Waals surface area contributed by atoms with Crippen LogP contribution in [0.1, 0.15) is 17.5 Å². The molecule has 5 nitrogen and oxygen atoms in total. The highest BCUT2D eigenvalue weighted by atomic mass is 32.2. The summed E-state index contributed by atoms with van der Waals surface area (Å²) in [7, 11) is -2.26. The van der Waals surface area contributed by atoms with Crippen LogP contribution in [0.25, 0.3) is 0 Å². The fourth-order valence-corrected chi connectivity index (χ4v) is 2.47. The van der Waals surface area contributed by atoms with Gasteiger partial charge >= 0.3 is 6.18 Å². The van der Waals surface area contributed by atoms with E-state index in [-0.39, 0.29) is 13.1 Å². The number of nitrogens with zero attached hydrogens (tertiary/aromatic N) is 1. The number of hydrogen-bond donors (Lipinski definition) is 2. The molecule has 1 aromatic carbocycles. The van der Waals surface area contributed by atoms with Gasteiger partial charge in [-0.1, -0.05) is 12.1 Å². The molecular weight excluding hydrogens is 307 g/mol. The molecule has 0 aliphatic heterocycles. The van der Waals surface area contributed by atoms with Crippen LogP contribution in [0, 0.1) is 0 Å². The number of halogens is 3. The predicted octanol–water partition coefficient (Wildman–Crippen LogP) is 1.32. The van der Waals surface area contributed by atoms with Gasteiger partial charge < -0.3 is 5.73 Å². The maximum Gasteiger partial charge on any atom is 0.416 e. The summed E-state index contributed by atoms with van der Waals surface area (Å²) in [6.07, 6.45) is -3.88. The van der Waals surface area contributed by atoms with Crippen LogP contribution in [-0.2, 0) is 22.9 Å². The topological polar surface area (TPSA) is 75.4 Å². The van der Waals surface area contributed by atoms with Gasteiger partial charge in [0.25, 0.3) is 10.2 Å². The average molecular weight is 325 g/mol. The van der Waals surface area contributed by atoms with Crippen LogP contribution in [0.2, 0.25) is 0 Å². The monoisotopic (exact) mass is 325 g/mol. The van der Waals surface area contributed by atoms with Gasteiger partial charge in [0.2, 0.25) is 0 Å². The predicted molar refractivity (Wildman–Crippen MR) is 73.5 cm³/mol. The molecule has 0 aromatic heterocycles. The van der Waals surface area contributed by atoms with Crippen LogP contribution in [0.5, 0.6) is 0 Å². The summed E-state index contributed by atoms with van der Waals surface area (Å²) in [5.74, 6) is 0. The van der Waals surface area contributed by atoms with E-state index in [2.05, 4.69) is 4.72 Å². The van der Waals surface area contributed by atoms with E-state index in [0.717, 1.165) is 16.4 Å². The van der Waals surface area contributed by atoms with Crippen molar-refractivity contribution >= 4 is 10.2 Å². The zero-order valence-corrected chi connectivity index (χ0v) is 12.3. The highest BCUT2D eigenvalue weighted by molar-refractivity contribution is 7.87. The Bertz CT molecular complexity index is 544. The second-order valence-electron chi connectivity index (χ2n) is 4.48. The smallest absolute Gasteiger partial charge is 0.330 e. The Morgan fingerprint density at radius 3 is 2.29 bits per heavy atom. The maximum atomic E-state index is 12.4. The van der Waals surface area contributed by atoms with Crippen LogP contribution < -0.4 is 10.5 Å². The average Bonchev–Trinajstić information content (AvgIpc) is 2.42. The first-order chi connectivity index (χ1) is 9.66. The molecular formula is C12H18F3N3O2S. The molecule has 0 aliphatic rings. The van der Waals surface area contributed by atoms with E-state index in [9.17, 15) is 21.6 Å². The molecule has 0 heterocycles. The summed E-state index contributed by atoms with van der Waals surface area (Å²) < 4.78 is 64.3. The van der Waals surface area contributed by atoms with Crippen LogP contribution >= 0.6 is 0 Å². The van der Waals surface area contributed by atoms with Crippen LogP contribution in [0.15, 0.2) is 24.3 Å². The lowest BCUT2D eigenvalue weighted by Gasteiger charge is -2.17. The van der Waals surface area contributed by atoms with Crippen molar-refractivity contribution in [1.82, 2.24) is 9.03 Å². The SMILES string of the molecule is CN(CCCN)S(=O)(=O)NCc1ccc(C(F)(F)F)cc1. The highest BCUT2D eigenvalue weighted by Gasteiger charge is 2.29. The molecule has 0 bridgehead atoms. The van der Waals surface area contributed by atoms with Crippen molar-refractivity contribution in [1.29, 1.82) is 0 Å². The first-order valence-electron chi connectivity index (χ1n) is 6.24. The summed E-state index contributed by atoms with van der Waals surface area (Å²) in [5, 5.41) is 0. The molecule has 0 atom stereocenters. The minimum Gasteiger partial charge on any atom is -0.330 e. The zero-order valence-electron chi connectivity index (χ0n) is 11.5. The molecule has 0 saturated carbocycles. The van der Waals surface area contributed by atoms with Crippen molar-refractivity contribution in [3.05, 3.63) is 35.4 Å². The Morgan fingerprint density at radius 2 is 1.81 bits per heavy atom. The summed E-state index contributed by atoms with van der Waals surface area (Å²) in [6, 6.07) is 4.32. The van der Waals surface area contributed by atoms with Crippen LogP contribution in [0.3, 0.4) is 0 Å². The lowest BCUT2D eigenvalue weighted by atomic mass is 10.1. The molecule has 0 spiro atoms. The van der Waals surface area contributed by atoms with Crippen LogP contribution in [0.4, 0.5) is 13.2 Å². The van der Waals surface area contributed by atoms with Gasteiger partial charge in [-0.2, -0.15) is 30.6 Å². The Kier molecular flexibility index (Phi) is 6.14.